The molecule has 0 amide bonds. The Morgan fingerprint density at radius 1 is 1.27 bits per heavy atom. The van der Waals surface area contributed by atoms with Crippen molar-refractivity contribution in [2.45, 2.75) is 24.7 Å². The quantitative estimate of drug-likeness (QED) is 0.702. The van der Waals surface area contributed by atoms with Crippen LogP contribution in [0, 0.1) is 11.8 Å². The molecule has 1 spiro atoms. The van der Waals surface area contributed by atoms with E-state index in [4.69, 9.17) is 18.9 Å². The minimum Gasteiger partial charge on any atom is -0.359 e. The molecule has 0 aromatic carbocycles. The molecule has 0 unspecified atom stereocenters. The normalized spacial score (nSPS) is 33.2. The molecule has 3 fully saturated rings. The zero-order chi connectivity index (χ0) is 15.4. The van der Waals surface area contributed by atoms with Crippen molar-refractivity contribution in [3.05, 3.63) is 0 Å². The highest BCUT2D eigenvalue weighted by atomic mass is 32.2. The number of carbonyl (C=O) groups is 1. The summed E-state index contributed by atoms with van der Waals surface area (Å²) in [5.41, 5.74) is 0. The summed E-state index contributed by atoms with van der Waals surface area (Å²) in [6.07, 6.45) is 1.31. The number of methoxy groups -OCH3 is 1. The minimum absolute atomic E-state index is 0.0801. The van der Waals surface area contributed by atoms with Crippen molar-refractivity contribution in [1.82, 2.24) is 0 Å². The Hall–Kier alpha value is 0.210. The summed E-state index contributed by atoms with van der Waals surface area (Å²) in [6.45, 7) is 1.47. The largest absolute Gasteiger partial charge is 0.359 e. The number of rotatable bonds is 5. The molecule has 3 aliphatic rings. The van der Waals surface area contributed by atoms with Crippen molar-refractivity contribution in [3.63, 3.8) is 0 Å². The van der Waals surface area contributed by atoms with Gasteiger partial charge in [0.25, 0.3) is 0 Å². The second-order valence-corrected chi connectivity index (χ2v) is 8.18. The number of Topliss-reactive ketones (excluding diaryl/α,β-unsaturated/α-hetero) is 1. The third kappa shape index (κ3) is 3.49. The minimum atomic E-state index is -0.563. The van der Waals surface area contributed by atoms with Crippen LogP contribution >= 0.6 is 23.5 Å². The molecule has 0 aromatic heterocycles. The second kappa shape index (κ2) is 7.85. The molecule has 126 valence electrons. The van der Waals surface area contributed by atoms with Crippen LogP contribution in [-0.2, 0) is 23.7 Å². The number of hydrogen-bond acceptors (Lipinski definition) is 7. The second-order valence-electron chi connectivity index (χ2n) is 5.88. The molecule has 3 aliphatic heterocycles. The van der Waals surface area contributed by atoms with Gasteiger partial charge in [-0.1, -0.05) is 0 Å². The molecule has 0 bridgehead atoms. The number of thioether (sulfide) groups is 2. The SMILES string of the molecule is COCO[C@@H]([C@@H]1CSCCC1=O)[C@@H]1CSCCC12OCCO2. The highest BCUT2D eigenvalue weighted by molar-refractivity contribution is 7.99. The summed E-state index contributed by atoms with van der Waals surface area (Å²) in [5.74, 6) is 3.42. The molecule has 3 heterocycles. The Kier molecular flexibility index (Phi) is 6.09. The van der Waals surface area contributed by atoms with E-state index >= 15 is 0 Å². The Balaban J connectivity index is 1.81. The molecule has 0 N–H and O–H groups in total. The standard InChI is InChI=1S/C15H24O5S2/c1-17-10-18-14(11-8-21-6-2-13(11)16)12-9-22-7-3-15(12)19-4-5-20-15/h11-12,14H,2-10H2,1H3/t11-,12+,14+/m1/s1. The first kappa shape index (κ1) is 17.0. The number of ether oxygens (including phenoxy) is 4. The molecule has 5 nitrogen and oxygen atoms in total. The third-order valence-electron chi connectivity index (χ3n) is 4.61. The van der Waals surface area contributed by atoms with Crippen molar-refractivity contribution in [2.24, 2.45) is 11.8 Å². The molecule has 0 aliphatic carbocycles. The lowest BCUT2D eigenvalue weighted by molar-refractivity contribution is -0.233. The average molecular weight is 348 g/mol. The molecule has 0 radical (unpaired) electrons. The number of ketones is 1. The predicted octanol–water partition coefficient (Wildman–Crippen LogP) is 1.79. The number of hydrogen-bond donors (Lipinski definition) is 0. The smallest absolute Gasteiger partial charge is 0.175 e. The van der Waals surface area contributed by atoms with Crippen LogP contribution in [-0.4, -0.2) is 67.8 Å². The third-order valence-corrected chi connectivity index (χ3v) is 6.78. The Morgan fingerprint density at radius 2 is 2.05 bits per heavy atom. The van der Waals surface area contributed by atoms with Gasteiger partial charge in [0.1, 0.15) is 12.6 Å². The maximum absolute atomic E-state index is 12.4. The summed E-state index contributed by atoms with van der Waals surface area (Å²) in [5, 5.41) is 0. The van der Waals surface area contributed by atoms with E-state index in [1.54, 1.807) is 7.11 Å². The Morgan fingerprint density at radius 3 is 2.77 bits per heavy atom. The van der Waals surface area contributed by atoms with Crippen molar-refractivity contribution in [3.8, 4) is 0 Å². The molecule has 3 rings (SSSR count). The molecule has 3 saturated heterocycles. The van der Waals surface area contributed by atoms with Crippen LogP contribution in [0.2, 0.25) is 0 Å². The van der Waals surface area contributed by atoms with E-state index in [2.05, 4.69) is 0 Å². The molecule has 3 atom stereocenters. The maximum atomic E-state index is 12.4. The molecule has 7 heteroatoms. The van der Waals surface area contributed by atoms with E-state index in [9.17, 15) is 4.79 Å². The van der Waals surface area contributed by atoms with Gasteiger partial charge < -0.3 is 18.9 Å². The summed E-state index contributed by atoms with van der Waals surface area (Å²) in [6, 6.07) is 0. The lowest BCUT2D eigenvalue weighted by Gasteiger charge is -2.45. The van der Waals surface area contributed by atoms with Gasteiger partial charge in [0.15, 0.2) is 5.79 Å². The number of carbonyl (C=O) groups excluding carboxylic acids is 1. The lowest BCUT2D eigenvalue weighted by atomic mass is 9.82. The fourth-order valence-electron chi connectivity index (χ4n) is 3.51. The topological polar surface area (TPSA) is 54.0 Å². The van der Waals surface area contributed by atoms with E-state index in [0.29, 0.717) is 25.4 Å². The van der Waals surface area contributed by atoms with E-state index in [1.807, 2.05) is 23.5 Å². The molecule has 0 saturated carbocycles. The van der Waals surface area contributed by atoms with Gasteiger partial charge in [0.2, 0.25) is 0 Å². The van der Waals surface area contributed by atoms with Crippen molar-refractivity contribution in [1.29, 1.82) is 0 Å². The van der Waals surface area contributed by atoms with Crippen LogP contribution in [0.1, 0.15) is 12.8 Å². The average Bonchev–Trinajstić information content (AvgIpc) is 3.00. The van der Waals surface area contributed by atoms with Crippen molar-refractivity contribution in [2.75, 3.05) is 50.1 Å². The summed E-state index contributed by atoms with van der Waals surface area (Å²) < 4.78 is 23.1. The van der Waals surface area contributed by atoms with Crippen LogP contribution < -0.4 is 0 Å². The summed E-state index contributed by atoms with van der Waals surface area (Å²) in [4.78, 5) is 12.4. The van der Waals surface area contributed by atoms with Crippen LogP contribution in [0.15, 0.2) is 0 Å². The van der Waals surface area contributed by atoms with E-state index in [0.717, 1.165) is 29.4 Å². The first-order valence-electron chi connectivity index (χ1n) is 7.83. The maximum Gasteiger partial charge on any atom is 0.175 e. The predicted molar refractivity (Wildman–Crippen MR) is 87.3 cm³/mol. The van der Waals surface area contributed by atoms with Gasteiger partial charge in [-0.15, -0.1) is 0 Å². The Bertz CT molecular complexity index is 386. The van der Waals surface area contributed by atoms with Gasteiger partial charge >= 0.3 is 0 Å². The van der Waals surface area contributed by atoms with Crippen molar-refractivity contribution < 1.29 is 23.7 Å². The van der Waals surface area contributed by atoms with E-state index < -0.39 is 5.79 Å². The van der Waals surface area contributed by atoms with Crippen LogP contribution in [0.3, 0.4) is 0 Å². The van der Waals surface area contributed by atoms with Crippen LogP contribution in [0.4, 0.5) is 0 Å². The first-order valence-corrected chi connectivity index (χ1v) is 10.1. The molecular formula is C15H24O5S2. The monoisotopic (exact) mass is 348 g/mol. The van der Waals surface area contributed by atoms with Gasteiger partial charge in [-0.25, -0.2) is 0 Å². The van der Waals surface area contributed by atoms with Gasteiger partial charge in [-0.2, -0.15) is 23.5 Å². The van der Waals surface area contributed by atoms with E-state index in [-0.39, 0.29) is 24.7 Å². The summed E-state index contributed by atoms with van der Waals surface area (Å²) in [7, 11) is 1.61. The van der Waals surface area contributed by atoms with Crippen molar-refractivity contribution >= 4 is 29.3 Å². The van der Waals surface area contributed by atoms with Gasteiger partial charge in [0.05, 0.1) is 25.2 Å². The lowest BCUT2D eigenvalue weighted by Crippen LogP contribution is -2.54. The Labute approximate surface area is 140 Å². The molecule has 0 aromatic rings. The zero-order valence-corrected chi connectivity index (χ0v) is 14.6. The van der Waals surface area contributed by atoms with Gasteiger partial charge in [0, 0.05) is 43.1 Å². The van der Waals surface area contributed by atoms with Crippen LogP contribution in [0.25, 0.3) is 0 Å². The molecule has 22 heavy (non-hydrogen) atoms. The zero-order valence-electron chi connectivity index (χ0n) is 13.0. The first-order chi connectivity index (χ1) is 10.8. The van der Waals surface area contributed by atoms with Gasteiger partial charge in [-0.05, 0) is 5.75 Å². The fourth-order valence-corrected chi connectivity index (χ4v) is 5.94. The highest BCUT2D eigenvalue weighted by Gasteiger charge is 2.52. The molecular weight excluding hydrogens is 324 g/mol. The highest BCUT2D eigenvalue weighted by Crippen LogP contribution is 2.44. The van der Waals surface area contributed by atoms with Crippen LogP contribution in [0.5, 0.6) is 0 Å². The van der Waals surface area contributed by atoms with E-state index in [1.165, 1.54) is 0 Å². The van der Waals surface area contributed by atoms with Gasteiger partial charge in [-0.3, -0.25) is 4.79 Å². The summed E-state index contributed by atoms with van der Waals surface area (Å²) >= 11 is 3.73. The fraction of sp³-hybridized carbons (Fsp3) is 0.933.